The minimum Gasteiger partial charge on any atom is -0.494 e. The largest absolute Gasteiger partial charge is 0.494 e. The van der Waals surface area contributed by atoms with E-state index in [-0.39, 0.29) is 0 Å². The van der Waals surface area contributed by atoms with Crippen LogP contribution in [0.15, 0.2) is 42.5 Å². The lowest BCUT2D eigenvalue weighted by atomic mass is 10.2. The van der Waals surface area contributed by atoms with Gasteiger partial charge in [0.15, 0.2) is 0 Å². The molecule has 0 spiro atoms. The van der Waals surface area contributed by atoms with Crippen molar-refractivity contribution in [2.45, 2.75) is 6.92 Å². The molecule has 4 heteroatoms. The second-order valence-electron chi connectivity index (χ2n) is 3.82. The summed E-state index contributed by atoms with van der Waals surface area (Å²) >= 11 is 5.94. The van der Waals surface area contributed by atoms with Gasteiger partial charge in [-0.1, -0.05) is 17.7 Å². The van der Waals surface area contributed by atoms with Crippen LogP contribution in [0.4, 0.5) is 17.1 Å². The number of rotatable bonds is 4. The number of nitrogens with two attached hydrogens (primary N) is 1. The molecule has 0 bridgehead atoms. The first kappa shape index (κ1) is 12.6. The van der Waals surface area contributed by atoms with Crippen molar-refractivity contribution in [2.75, 3.05) is 17.7 Å². The molecule has 2 rings (SSSR count). The highest BCUT2D eigenvalue weighted by Gasteiger charge is 2.02. The number of ether oxygens (including phenoxy) is 1. The zero-order chi connectivity index (χ0) is 13.0. The third-order valence-electron chi connectivity index (χ3n) is 2.44. The molecule has 0 aliphatic carbocycles. The second kappa shape index (κ2) is 5.65. The highest BCUT2D eigenvalue weighted by Crippen LogP contribution is 2.27. The van der Waals surface area contributed by atoms with Crippen LogP contribution in [0.3, 0.4) is 0 Å². The summed E-state index contributed by atoms with van der Waals surface area (Å²) in [6.07, 6.45) is 0. The molecule has 2 aromatic rings. The van der Waals surface area contributed by atoms with Crippen LogP contribution in [0.1, 0.15) is 6.92 Å². The molecule has 0 aliphatic heterocycles. The summed E-state index contributed by atoms with van der Waals surface area (Å²) in [5, 5.41) is 3.87. The lowest BCUT2D eigenvalue weighted by Crippen LogP contribution is -1.97. The predicted octanol–water partition coefficient (Wildman–Crippen LogP) is 4.06. The molecule has 0 amide bonds. The van der Waals surface area contributed by atoms with Crippen LogP contribution in [-0.2, 0) is 0 Å². The Morgan fingerprint density at radius 1 is 1.22 bits per heavy atom. The second-order valence-corrected chi connectivity index (χ2v) is 4.25. The molecule has 0 aliphatic rings. The Hall–Kier alpha value is -1.87. The van der Waals surface area contributed by atoms with Gasteiger partial charge in [-0.3, -0.25) is 0 Å². The Balaban J connectivity index is 2.22. The molecule has 3 nitrogen and oxygen atoms in total. The maximum absolute atomic E-state index is 5.94. The van der Waals surface area contributed by atoms with Crippen LogP contribution < -0.4 is 15.8 Å². The molecular formula is C14H15ClN2O. The molecule has 0 saturated carbocycles. The summed E-state index contributed by atoms with van der Waals surface area (Å²) in [4.78, 5) is 0. The minimum atomic E-state index is 0.642. The Labute approximate surface area is 112 Å². The fourth-order valence-corrected chi connectivity index (χ4v) is 1.79. The molecular weight excluding hydrogens is 248 g/mol. The standard InChI is InChI=1S/C14H15ClN2O/c1-2-18-12-5-3-4-11(9-12)17-14-8-10(15)6-7-13(14)16/h3-9,17H,2,16H2,1H3. The maximum atomic E-state index is 5.94. The Bertz CT molecular complexity index is 543. The smallest absolute Gasteiger partial charge is 0.121 e. The van der Waals surface area contributed by atoms with E-state index < -0.39 is 0 Å². The molecule has 18 heavy (non-hydrogen) atoms. The maximum Gasteiger partial charge on any atom is 0.121 e. The van der Waals surface area contributed by atoms with Crippen molar-refractivity contribution in [3.63, 3.8) is 0 Å². The average molecular weight is 263 g/mol. The first-order valence-electron chi connectivity index (χ1n) is 5.74. The molecule has 3 N–H and O–H groups in total. The quantitative estimate of drug-likeness (QED) is 0.817. The van der Waals surface area contributed by atoms with E-state index in [1.165, 1.54) is 0 Å². The van der Waals surface area contributed by atoms with E-state index >= 15 is 0 Å². The van der Waals surface area contributed by atoms with E-state index in [0.29, 0.717) is 17.3 Å². The fraction of sp³-hybridized carbons (Fsp3) is 0.143. The number of hydrogen-bond donors (Lipinski definition) is 2. The number of benzene rings is 2. The number of hydrogen-bond acceptors (Lipinski definition) is 3. The van der Waals surface area contributed by atoms with Gasteiger partial charge in [-0.25, -0.2) is 0 Å². The molecule has 0 saturated heterocycles. The molecule has 2 aromatic carbocycles. The lowest BCUT2D eigenvalue weighted by molar-refractivity contribution is 0.340. The van der Waals surface area contributed by atoms with Crippen LogP contribution in [-0.4, -0.2) is 6.61 Å². The zero-order valence-corrected chi connectivity index (χ0v) is 10.9. The van der Waals surface area contributed by atoms with Gasteiger partial charge in [0, 0.05) is 16.8 Å². The Morgan fingerprint density at radius 2 is 2.06 bits per heavy atom. The van der Waals surface area contributed by atoms with Gasteiger partial charge in [0.2, 0.25) is 0 Å². The van der Waals surface area contributed by atoms with Crippen molar-refractivity contribution >= 4 is 28.7 Å². The summed E-state index contributed by atoms with van der Waals surface area (Å²) < 4.78 is 5.44. The van der Waals surface area contributed by atoms with E-state index in [2.05, 4.69) is 5.32 Å². The van der Waals surface area contributed by atoms with Crippen LogP contribution in [0.25, 0.3) is 0 Å². The molecule has 0 aromatic heterocycles. The van der Waals surface area contributed by atoms with Crippen LogP contribution in [0, 0.1) is 0 Å². The van der Waals surface area contributed by atoms with E-state index in [1.54, 1.807) is 18.2 Å². The number of nitrogens with one attached hydrogen (secondary N) is 1. The molecule has 0 heterocycles. The fourth-order valence-electron chi connectivity index (χ4n) is 1.62. The topological polar surface area (TPSA) is 47.3 Å². The average Bonchev–Trinajstić information content (AvgIpc) is 2.35. The lowest BCUT2D eigenvalue weighted by Gasteiger charge is -2.11. The van der Waals surface area contributed by atoms with Gasteiger partial charge in [0.05, 0.1) is 18.0 Å². The number of halogens is 1. The van der Waals surface area contributed by atoms with Gasteiger partial charge >= 0.3 is 0 Å². The summed E-state index contributed by atoms with van der Waals surface area (Å²) in [6, 6.07) is 13.0. The van der Waals surface area contributed by atoms with Crippen LogP contribution >= 0.6 is 11.6 Å². The first-order chi connectivity index (χ1) is 8.69. The summed E-state index contributed by atoms with van der Waals surface area (Å²) in [5.41, 5.74) is 8.24. The van der Waals surface area contributed by atoms with Crippen LogP contribution in [0.5, 0.6) is 5.75 Å². The van der Waals surface area contributed by atoms with Crippen molar-refractivity contribution in [1.29, 1.82) is 0 Å². The van der Waals surface area contributed by atoms with Gasteiger partial charge in [0.1, 0.15) is 5.75 Å². The third-order valence-corrected chi connectivity index (χ3v) is 2.67. The highest BCUT2D eigenvalue weighted by atomic mass is 35.5. The monoisotopic (exact) mass is 262 g/mol. The molecule has 0 unspecified atom stereocenters. The molecule has 0 fully saturated rings. The van der Waals surface area contributed by atoms with Gasteiger partial charge in [-0.15, -0.1) is 0 Å². The SMILES string of the molecule is CCOc1cccc(Nc2cc(Cl)ccc2N)c1. The molecule has 94 valence electrons. The zero-order valence-electron chi connectivity index (χ0n) is 10.1. The number of nitrogen functional groups attached to an aromatic ring is 1. The van der Waals surface area contributed by atoms with Gasteiger partial charge < -0.3 is 15.8 Å². The minimum absolute atomic E-state index is 0.642. The molecule has 0 atom stereocenters. The summed E-state index contributed by atoms with van der Waals surface area (Å²) in [5.74, 6) is 0.822. The van der Waals surface area contributed by atoms with Crippen molar-refractivity contribution in [3.8, 4) is 5.75 Å². The van der Waals surface area contributed by atoms with Crippen molar-refractivity contribution < 1.29 is 4.74 Å². The first-order valence-corrected chi connectivity index (χ1v) is 6.11. The van der Waals surface area contributed by atoms with Gasteiger partial charge in [-0.2, -0.15) is 0 Å². The Kier molecular flexibility index (Phi) is 3.95. The van der Waals surface area contributed by atoms with E-state index in [0.717, 1.165) is 17.1 Å². The predicted molar refractivity (Wildman–Crippen MR) is 76.8 cm³/mol. The normalized spacial score (nSPS) is 10.1. The summed E-state index contributed by atoms with van der Waals surface area (Å²) in [6.45, 7) is 2.60. The number of anilines is 3. The van der Waals surface area contributed by atoms with Crippen molar-refractivity contribution in [2.24, 2.45) is 0 Å². The van der Waals surface area contributed by atoms with Gasteiger partial charge in [0.25, 0.3) is 0 Å². The third kappa shape index (κ3) is 3.08. The van der Waals surface area contributed by atoms with E-state index in [9.17, 15) is 0 Å². The van der Waals surface area contributed by atoms with Gasteiger partial charge in [-0.05, 0) is 37.3 Å². The van der Waals surface area contributed by atoms with Crippen molar-refractivity contribution in [1.82, 2.24) is 0 Å². The van der Waals surface area contributed by atoms with Crippen LogP contribution in [0.2, 0.25) is 5.02 Å². The molecule has 0 radical (unpaired) electrons. The van der Waals surface area contributed by atoms with E-state index in [4.69, 9.17) is 22.1 Å². The Morgan fingerprint density at radius 3 is 2.83 bits per heavy atom. The van der Waals surface area contributed by atoms with E-state index in [1.807, 2.05) is 31.2 Å². The summed E-state index contributed by atoms with van der Waals surface area (Å²) in [7, 11) is 0. The highest BCUT2D eigenvalue weighted by molar-refractivity contribution is 6.31. The van der Waals surface area contributed by atoms with Crippen molar-refractivity contribution in [3.05, 3.63) is 47.5 Å².